The third-order valence-corrected chi connectivity index (χ3v) is 2.56. The van der Waals surface area contributed by atoms with Gasteiger partial charge < -0.3 is 0 Å². The Kier molecular flexibility index (Phi) is 5.37. The highest BCUT2D eigenvalue weighted by atomic mass is 16.1. The Morgan fingerprint density at radius 3 is 1.81 bits per heavy atom. The zero-order valence-corrected chi connectivity index (χ0v) is 12.0. The molecule has 0 radical (unpaired) electrons. The van der Waals surface area contributed by atoms with E-state index in [1.807, 2.05) is 20.8 Å². The Bertz CT molecular complexity index is 263. The molecule has 2 heteroatoms. The van der Waals surface area contributed by atoms with Crippen LogP contribution in [0.25, 0.3) is 0 Å². The van der Waals surface area contributed by atoms with E-state index in [2.05, 4.69) is 32.7 Å². The van der Waals surface area contributed by atoms with Gasteiger partial charge in [0.25, 0.3) is 0 Å². The fraction of sp³-hybridized carbons (Fsp3) is 0.857. The van der Waals surface area contributed by atoms with Crippen LogP contribution in [0.15, 0.2) is 4.99 Å². The van der Waals surface area contributed by atoms with Gasteiger partial charge >= 0.3 is 0 Å². The summed E-state index contributed by atoms with van der Waals surface area (Å²) in [4.78, 5) is 16.6. The normalized spacial score (nSPS) is 14.1. The van der Waals surface area contributed by atoms with Crippen LogP contribution in [-0.4, -0.2) is 18.0 Å². The molecule has 0 aromatic rings. The van der Waals surface area contributed by atoms with E-state index < -0.39 is 0 Å². The Labute approximate surface area is 101 Å². The molecule has 0 aromatic heterocycles. The van der Waals surface area contributed by atoms with Crippen LogP contribution in [0.1, 0.15) is 61.3 Å². The average molecular weight is 225 g/mol. The Morgan fingerprint density at radius 1 is 1.00 bits per heavy atom. The molecular weight excluding hydrogens is 198 g/mol. The van der Waals surface area contributed by atoms with E-state index in [0.717, 1.165) is 18.7 Å². The van der Waals surface area contributed by atoms with Crippen LogP contribution in [-0.2, 0) is 4.79 Å². The molecule has 0 aliphatic carbocycles. The van der Waals surface area contributed by atoms with Gasteiger partial charge in [-0.2, -0.15) is 0 Å². The van der Waals surface area contributed by atoms with Crippen molar-refractivity contribution in [3.8, 4) is 0 Å². The first-order valence-corrected chi connectivity index (χ1v) is 6.16. The lowest BCUT2D eigenvalue weighted by Crippen LogP contribution is -2.29. The van der Waals surface area contributed by atoms with Gasteiger partial charge in [-0.05, 0) is 6.42 Å². The van der Waals surface area contributed by atoms with Gasteiger partial charge in [-0.15, -0.1) is 0 Å². The SMILES string of the molecule is CCC/N=C(/CC(=O)C(C)(C)C)C(C)(C)C. The quantitative estimate of drug-likeness (QED) is 0.667. The molecule has 0 saturated heterocycles. The molecule has 2 nitrogen and oxygen atoms in total. The number of ketones is 1. The number of aliphatic imine (C=N–C) groups is 1. The fourth-order valence-corrected chi connectivity index (χ4v) is 1.22. The van der Waals surface area contributed by atoms with Gasteiger partial charge in [0.1, 0.15) is 5.78 Å². The van der Waals surface area contributed by atoms with Crippen molar-refractivity contribution in [1.29, 1.82) is 0 Å². The van der Waals surface area contributed by atoms with Gasteiger partial charge in [0, 0.05) is 29.5 Å². The highest BCUT2D eigenvalue weighted by molar-refractivity contribution is 6.06. The summed E-state index contributed by atoms with van der Waals surface area (Å²) in [6.07, 6.45) is 1.52. The van der Waals surface area contributed by atoms with Gasteiger partial charge in [0.15, 0.2) is 0 Å². The van der Waals surface area contributed by atoms with Crippen molar-refractivity contribution in [2.45, 2.75) is 61.3 Å². The molecule has 94 valence electrons. The predicted octanol–water partition coefficient (Wildman–Crippen LogP) is 3.89. The first-order valence-electron chi connectivity index (χ1n) is 6.16. The summed E-state index contributed by atoms with van der Waals surface area (Å²) >= 11 is 0. The van der Waals surface area contributed by atoms with Crippen LogP contribution in [0, 0.1) is 10.8 Å². The molecule has 0 N–H and O–H groups in total. The van der Waals surface area contributed by atoms with Crippen molar-refractivity contribution in [2.24, 2.45) is 15.8 Å². The standard InChI is InChI=1S/C14H27NO/c1-8-9-15-11(13(2,3)4)10-12(16)14(5,6)7/h8-10H2,1-7H3/b15-11-. The summed E-state index contributed by atoms with van der Waals surface area (Å²) in [5, 5.41) is 0. The van der Waals surface area contributed by atoms with Crippen LogP contribution in [0.5, 0.6) is 0 Å². The highest BCUT2D eigenvalue weighted by Crippen LogP contribution is 2.24. The molecule has 16 heavy (non-hydrogen) atoms. The monoisotopic (exact) mass is 225 g/mol. The first kappa shape index (κ1) is 15.3. The molecule has 0 atom stereocenters. The molecule has 0 amide bonds. The van der Waals surface area contributed by atoms with Gasteiger partial charge in [0.05, 0.1) is 0 Å². The number of Topliss-reactive ketones (excluding diaryl/α,β-unsaturated/α-hetero) is 1. The van der Waals surface area contributed by atoms with Crippen molar-refractivity contribution in [2.75, 3.05) is 6.54 Å². The average Bonchev–Trinajstić information content (AvgIpc) is 2.08. The Balaban J connectivity index is 4.77. The second-order valence-corrected chi connectivity index (χ2v) is 6.43. The summed E-state index contributed by atoms with van der Waals surface area (Å²) in [5.41, 5.74) is 0.767. The summed E-state index contributed by atoms with van der Waals surface area (Å²) in [6, 6.07) is 0. The van der Waals surface area contributed by atoms with Crippen molar-refractivity contribution in [3.63, 3.8) is 0 Å². The molecule has 0 rings (SSSR count). The summed E-state index contributed by atoms with van der Waals surface area (Å²) in [7, 11) is 0. The van der Waals surface area contributed by atoms with Gasteiger partial charge in [-0.1, -0.05) is 48.5 Å². The zero-order valence-electron chi connectivity index (χ0n) is 12.0. The van der Waals surface area contributed by atoms with E-state index in [1.165, 1.54) is 0 Å². The van der Waals surface area contributed by atoms with Crippen molar-refractivity contribution in [1.82, 2.24) is 0 Å². The van der Waals surface area contributed by atoms with E-state index >= 15 is 0 Å². The molecule has 0 aliphatic heterocycles. The van der Waals surface area contributed by atoms with Crippen molar-refractivity contribution < 1.29 is 4.79 Å². The summed E-state index contributed by atoms with van der Waals surface area (Å²) in [6.45, 7) is 15.2. The molecule has 0 spiro atoms. The minimum atomic E-state index is -0.266. The summed E-state index contributed by atoms with van der Waals surface area (Å²) < 4.78 is 0. The first-order chi connectivity index (χ1) is 7.09. The second-order valence-electron chi connectivity index (χ2n) is 6.43. The maximum absolute atomic E-state index is 12.0. The Hall–Kier alpha value is -0.660. The van der Waals surface area contributed by atoms with E-state index in [0.29, 0.717) is 6.42 Å². The maximum atomic E-state index is 12.0. The van der Waals surface area contributed by atoms with Crippen LogP contribution in [0.4, 0.5) is 0 Å². The van der Waals surface area contributed by atoms with E-state index in [9.17, 15) is 4.79 Å². The number of hydrogen-bond donors (Lipinski definition) is 0. The molecular formula is C14H27NO. The highest BCUT2D eigenvalue weighted by Gasteiger charge is 2.27. The number of carbonyl (C=O) groups is 1. The van der Waals surface area contributed by atoms with Crippen LogP contribution >= 0.6 is 0 Å². The van der Waals surface area contributed by atoms with E-state index in [-0.39, 0.29) is 16.6 Å². The molecule has 0 unspecified atom stereocenters. The van der Waals surface area contributed by atoms with Crippen LogP contribution in [0.2, 0.25) is 0 Å². The zero-order chi connectivity index (χ0) is 13.0. The molecule has 0 aliphatic rings. The van der Waals surface area contributed by atoms with Gasteiger partial charge in [-0.3, -0.25) is 9.79 Å². The smallest absolute Gasteiger partial charge is 0.143 e. The number of rotatable bonds is 4. The number of hydrogen-bond acceptors (Lipinski definition) is 2. The third-order valence-electron chi connectivity index (χ3n) is 2.56. The summed E-state index contributed by atoms with van der Waals surface area (Å²) in [5.74, 6) is 0.275. The molecule has 0 bridgehead atoms. The lowest BCUT2D eigenvalue weighted by Gasteiger charge is -2.24. The van der Waals surface area contributed by atoms with E-state index in [1.54, 1.807) is 0 Å². The largest absolute Gasteiger partial charge is 0.299 e. The third kappa shape index (κ3) is 5.43. The van der Waals surface area contributed by atoms with Crippen molar-refractivity contribution >= 4 is 11.5 Å². The second kappa shape index (κ2) is 5.60. The fourth-order valence-electron chi connectivity index (χ4n) is 1.22. The minimum Gasteiger partial charge on any atom is -0.299 e. The lowest BCUT2D eigenvalue weighted by atomic mass is 9.81. The molecule has 0 aromatic carbocycles. The number of carbonyl (C=O) groups excluding carboxylic acids is 1. The lowest BCUT2D eigenvalue weighted by molar-refractivity contribution is -0.125. The topological polar surface area (TPSA) is 29.4 Å². The molecule has 0 heterocycles. The Morgan fingerprint density at radius 2 is 1.50 bits per heavy atom. The predicted molar refractivity (Wildman–Crippen MR) is 71.1 cm³/mol. The van der Waals surface area contributed by atoms with Gasteiger partial charge in [0.2, 0.25) is 0 Å². The molecule has 0 fully saturated rings. The maximum Gasteiger partial charge on any atom is 0.143 e. The molecule has 0 saturated carbocycles. The number of nitrogens with zero attached hydrogens (tertiary/aromatic N) is 1. The van der Waals surface area contributed by atoms with Crippen molar-refractivity contribution in [3.05, 3.63) is 0 Å². The van der Waals surface area contributed by atoms with Crippen LogP contribution < -0.4 is 0 Å². The van der Waals surface area contributed by atoms with Crippen LogP contribution in [0.3, 0.4) is 0 Å². The van der Waals surface area contributed by atoms with Gasteiger partial charge in [-0.25, -0.2) is 0 Å². The minimum absolute atomic E-state index is 0.00389. The van der Waals surface area contributed by atoms with E-state index in [4.69, 9.17) is 0 Å².